The average molecular weight is 302 g/mol. The molecular weight excluding hydrogens is 285 g/mol. The van der Waals surface area contributed by atoms with Gasteiger partial charge in [0.15, 0.2) is 0 Å². The maximum atomic E-state index is 13.9. The summed E-state index contributed by atoms with van der Waals surface area (Å²) in [5, 5.41) is 9.16. The Hall–Kier alpha value is -0.450. The zero-order valence-corrected chi connectivity index (χ0v) is 11.3. The van der Waals surface area contributed by atoms with Crippen LogP contribution in [0.1, 0.15) is 30.9 Å². The zero-order chi connectivity index (χ0) is 12.3. The summed E-state index contributed by atoms with van der Waals surface area (Å²) in [6.45, 7) is 2.08. The van der Waals surface area contributed by atoms with Crippen molar-refractivity contribution in [1.29, 1.82) is 0 Å². The second kappa shape index (κ2) is 5.94. The highest BCUT2D eigenvalue weighted by Crippen LogP contribution is 2.31. The molecule has 1 aliphatic rings. The molecule has 1 unspecified atom stereocenters. The third-order valence-corrected chi connectivity index (χ3v) is 3.79. The molecule has 1 saturated heterocycles. The standard InChI is InChI=1S/C13H17BrFNO/c14-10-3-4-12(15)11(9-10)13(5-8-17)16-6-1-2-7-16/h3-4,9,13,17H,1-2,5-8H2. The van der Waals surface area contributed by atoms with E-state index in [9.17, 15) is 4.39 Å². The first-order chi connectivity index (χ1) is 8.22. The second-order valence-electron chi connectivity index (χ2n) is 4.44. The van der Waals surface area contributed by atoms with Gasteiger partial charge in [0.2, 0.25) is 0 Å². The first kappa shape index (κ1) is 13.0. The zero-order valence-electron chi connectivity index (χ0n) is 9.70. The lowest BCUT2D eigenvalue weighted by Gasteiger charge is -2.27. The Bertz CT molecular complexity index is 380. The fraction of sp³-hybridized carbons (Fsp3) is 0.538. The average Bonchev–Trinajstić information content (AvgIpc) is 2.83. The monoisotopic (exact) mass is 301 g/mol. The lowest BCUT2D eigenvalue weighted by atomic mass is 10.0. The first-order valence-electron chi connectivity index (χ1n) is 6.02. The summed E-state index contributed by atoms with van der Waals surface area (Å²) < 4.78 is 14.8. The van der Waals surface area contributed by atoms with E-state index in [2.05, 4.69) is 20.8 Å². The fourth-order valence-electron chi connectivity index (χ4n) is 2.48. The molecule has 0 radical (unpaired) electrons. The topological polar surface area (TPSA) is 23.5 Å². The summed E-state index contributed by atoms with van der Waals surface area (Å²) in [7, 11) is 0. The van der Waals surface area contributed by atoms with Crippen LogP contribution >= 0.6 is 15.9 Å². The summed E-state index contributed by atoms with van der Waals surface area (Å²) in [6, 6.07) is 5.02. The number of rotatable bonds is 4. The Kier molecular flexibility index (Phi) is 4.54. The third kappa shape index (κ3) is 3.06. The molecule has 2 nitrogen and oxygen atoms in total. The van der Waals surface area contributed by atoms with E-state index < -0.39 is 0 Å². The number of benzene rings is 1. The molecule has 1 aliphatic heterocycles. The van der Waals surface area contributed by atoms with Gasteiger partial charge in [-0.05, 0) is 50.6 Å². The number of hydrogen-bond acceptors (Lipinski definition) is 2. The smallest absolute Gasteiger partial charge is 0.128 e. The van der Waals surface area contributed by atoms with Gasteiger partial charge in [-0.2, -0.15) is 0 Å². The van der Waals surface area contributed by atoms with Crippen molar-refractivity contribution in [3.8, 4) is 0 Å². The van der Waals surface area contributed by atoms with Crippen LogP contribution in [-0.4, -0.2) is 29.7 Å². The third-order valence-electron chi connectivity index (χ3n) is 3.30. The van der Waals surface area contributed by atoms with E-state index in [0.717, 1.165) is 30.4 Å². The minimum atomic E-state index is -0.182. The normalized spacial score (nSPS) is 18.5. The molecule has 0 aromatic heterocycles. The number of likely N-dealkylation sites (tertiary alicyclic amines) is 1. The minimum absolute atomic E-state index is 0.000000000000000666. The van der Waals surface area contributed by atoms with Gasteiger partial charge in [-0.3, -0.25) is 4.90 Å². The largest absolute Gasteiger partial charge is 0.396 e. The molecule has 4 heteroatoms. The van der Waals surface area contributed by atoms with Crippen molar-refractivity contribution in [2.75, 3.05) is 19.7 Å². The summed E-state index contributed by atoms with van der Waals surface area (Å²) in [5.74, 6) is -0.182. The van der Waals surface area contributed by atoms with E-state index in [1.54, 1.807) is 6.07 Å². The Morgan fingerprint density at radius 3 is 2.71 bits per heavy atom. The van der Waals surface area contributed by atoms with Crippen molar-refractivity contribution in [2.45, 2.75) is 25.3 Å². The van der Waals surface area contributed by atoms with Crippen LogP contribution < -0.4 is 0 Å². The van der Waals surface area contributed by atoms with Gasteiger partial charge in [-0.25, -0.2) is 4.39 Å². The molecule has 1 aromatic rings. The quantitative estimate of drug-likeness (QED) is 0.924. The number of nitrogens with zero attached hydrogens (tertiary/aromatic N) is 1. The minimum Gasteiger partial charge on any atom is -0.396 e. The molecule has 1 N–H and O–H groups in total. The SMILES string of the molecule is OCCC(c1cc(Br)ccc1F)N1CCCC1. The van der Waals surface area contributed by atoms with Crippen LogP contribution in [0.3, 0.4) is 0 Å². The predicted molar refractivity (Wildman–Crippen MR) is 69.4 cm³/mol. The van der Waals surface area contributed by atoms with Crippen molar-refractivity contribution >= 4 is 15.9 Å². The molecule has 0 aliphatic carbocycles. The van der Waals surface area contributed by atoms with Crippen molar-refractivity contribution < 1.29 is 9.50 Å². The van der Waals surface area contributed by atoms with Gasteiger partial charge >= 0.3 is 0 Å². The van der Waals surface area contributed by atoms with Crippen LogP contribution in [0.15, 0.2) is 22.7 Å². The van der Waals surface area contributed by atoms with Crippen LogP contribution in [0.4, 0.5) is 4.39 Å². The van der Waals surface area contributed by atoms with E-state index in [0.29, 0.717) is 12.0 Å². The number of aliphatic hydroxyl groups is 1. The fourth-order valence-corrected chi connectivity index (χ4v) is 2.86. The Balaban J connectivity index is 2.27. The summed E-state index contributed by atoms with van der Waals surface area (Å²) in [6.07, 6.45) is 2.92. The molecule has 0 bridgehead atoms. The highest BCUT2D eigenvalue weighted by molar-refractivity contribution is 9.10. The van der Waals surface area contributed by atoms with Crippen LogP contribution in [-0.2, 0) is 0 Å². The molecule has 1 fully saturated rings. The van der Waals surface area contributed by atoms with E-state index in [1.165, 1.54) is 6.07 Å². The highest BCUT2D eigenvalue weighted by Gasteiger charge is 2.25. The number of aliphatic hydroxyl groups excluding tert-OH is 1. The highest BCUT2D eigenvalue weighted by atomic mass is 79.9. The molecule has 1 atom stereocenters. The van der Waals surface area contributed by atoms with Crippen LogP contribution in [0.2, 0.25) is 0 Å². The maximum Gasteiger partial charge on any atom is 0.128 e. The van der Waals surface area contributed by atoms with Gasteiger partial charge in [0.25, 0.3) is 0 Å². The van der Waals surface area contributed by atoms with Gasteiger partial charge in [-0.1, -0.05) is 15.9 Å². The van der Waals surface area contributed by atoms with Gasteiger partial charge in [0.1, 0.15) is 5.82 Å². The van der Waals surface area contributed by atoms with Crippen LogP contribution in [0.5, 0.6) is 0 Å². The molecule has 2 rings (SSSR count). The molecule has 1 heterocycles. The second-order valence-corrected chi connectivity index (χ2v) is 5.35. The molecule has 1 aromatic carbocycles. The van der Waals surface area contributed by atoms with Gasteiger partial charge in [0, 0.05) is 22.7 Å². The molecular formula is C13H17BrFNO. The van der Waals surface area contributed by atoms with E-state index >= 15 is 0 Å². The van der Waals surface area contributed by atoms with Crippen molar-refractivity contribution in [3.63, 3.8) is 0 Å². The molecule has 0 amide bonds. The summed E-state index contributed by atoms with van der Waals surface area (Å²) >= 11 is 3.38. The summed E-state index contributed by atoms with van der Waals surface area (Å²) in [5.41, 5.74) is 0.690. The van der Waals surface area contributed by atoms with Gasteiger partial charge in [-0.15, -0.1) is 0 Å². The molecule has 17 heavy (non-hydrogen) atoms. The van der Waals surface area contributed by atoms with Crippen molar-refractivity contribution in [2.24, 2.45) is 0 Å². The lowest BCUT2D eigenvalue weighted by molar-refractivity contribution is 0.182. The van der Waals surface area contributed by atoms with E-state index in [-0.39, 0.29) is 18.5 Å². The van der Waals surface area contributed by atoms with E-state index in [1.807, 2.05) is 6.07 Å². The van der Waals surface area contributed by atoms with Gasteiger partial charge in [0.05, 0.1) is 0 Å². The first-order valence-corrected chi connectivity index (χ1v) is 6.81. The number of hydrogen-bond donors (Lipinski definition) is 1. The van der Waals surface area contributed by atoms with Gasteiger partial charge < -0.3 is 5.11 Å². The molecule has 0 saturated carbocycles. The van der Waals surface area contributed by atoms with E-state index in [4.69, 9.17) is 5.11 Å². The van der Waals surface area contributed by atoms with Crippen LogP contribution in [0, 0.1) is 5.82 Å². The molecule has 0 spiro atoms. The van der Waals surface area contributed by atoms with Crippen molar-refractivity contribution in [3.05, 3.63) is 34.1 Å². The Morgan fingerprint density at radius 2 is 2.06 bits per heavy atom. The lowest BCUT2D eigenvalue weighted by Crippen LogP contribution is -2.27. The van der Waals surface area contributed by atoms with Crippen molar-refractivity contribution in [1.82, 2.24) is 4.90 Å². The molecule has 94 valence electrons. The Morgan fingerprint density at radius 1 is 1.35 bits per heavy atom. The predicted octanol–water partition coefficient (Wildman–Crippen LogP) is 3.11. The number of halogens is 2. The van der Waals surface area contributed by atoms with Crippen LogP contribution in [0.25, 0.3) is 0 Å². The summed E-state index contributed by atoms with van der Waals surface area (Å²) in [4.78, 5) is 2.26. The Labute approximate surface area is 110 Å². The maximum absolute atomic E-state index is 13.9.